The molecule has 7 heteroatoms. The van der Waals surface area contributed by atoms with E-state index in [1.54, 1.807) is 21.3 Å². The van der Waals surface area contributed by atoms with Crippen molar-refractivity contribution in [1.29, 1.82) is 0 Å². The van der Waals surface area contributed by atoms with Gasteiger partial charge in [0.15, 0.2) is 11.5 Å². The third-order valence-electron chi connectivity index (χ3n) is 4.20. The van der Waals surface area contributed by atoms with Crippen molar-refractivity contribution < 1.29 is 24.1 Å². The van der Waals surface area contributed by atoms with Gasteiger partial charge in [-0.1, -0.05) is 12.1 Å². The summed E-state index contributed by atoms with van der Waals surface area (Å²) in [6, 6.07) is 11.4. The van der Waals surface area contributed by atoms with Gasteiger partial charge in [0.25, 0.3) is 0 Å². The lowest BCUT2D eigenvalue weighted by Crippen LogP contribution is -2.21. The highest BCUT2D eigenvalue weighted by molar-refractivity contribution is 7.19. The number of aromatic nitrogens is 1. The third-order valence-corrected chi connectivity index (χ3v) is 5.31. The van der Waals surface area contributed by atoms with E-state index in [0.29, 0.717) is 23.7 Å². The van der Waals surface area contributed by atoms with Crippen molar-refractivity contribution in [2.45, 2.75) is 12.8 Å². The molecular formula is C21H20NO5S-. The summed E-state index contributed by atoms with van der Waals surface area (Å²) < 4.78 is 17.2. The molecule has 0 spiro atoms. The Kier molecular flexibility index (Phi) is 6.16. The standard InChI is InChI=1S/C21H21NO5S/c1-25-16-11-13(12-17(26-2)20(16)27-3)10-14(8-9-19(23)24)21-22-15-6-4-5-7-18(15)28-21/h4-7,10-12H,8-9H2,1-3H3,(H,23,24)/p-1/b14-10+. The van der Waals surface area contributed by atoms with Crippen LogP contribution in [-0.2, 0) is 4.79 Å². The monoisotopic (exact) mass is 398 g/mol. The fourth-order valence-electron chi connectivity index (χ4n) is 2.87. The average Bonchev–Trinajstić information content (AvgIpc) is 3.14. The van der Waals surface area contributed by atoms with Crippen molar-refractivity contribution >= 4 is 39.2 Å². The number of carboxylic acids is 1. The molecule has 3 rings (SSSR count). The molecule has 0 N–H and O–H groups in total. The highest BCUT2D eigenvalue weighted by Gasteiger charge is 2.14. The lowest BCUT2D eigenvalue weighted by atomic mass is 10.1. The van der Waals surface area contributed by atoms with Gasteiger partial charge in [-0.15, -0.1) is 11.3 Å². The summed E-state index contributed by atoms with van der Waals surface area (Å²) in [5.41, 5.74) is 2.48. The quantitative estimate of drug-likeness (QED) is 0.579. The normalized spacial score (nSPS) is 11.5. The second-order valence-electron chi connectivity index (χ2n) is 5.99. The number of carboxylic acid groups (broad SMARTS) is 1. The molecular weight excluding hydrogens is 378 g/mol. The first-order valence-electron chi connectivity index (χ1n) is 8.62. The molecule has 0 fully saturated rings. The zero-order chi connectivity index (χ0) is 20.1. The van der Waals surface area contributed by atoms with E-state index in [9.17, 15) is 9.90 Å². The first-order valence-corrected chi connectivity index (χ1v) is 9.43. The lowest BCUT2D eigenvalue weighted by Gasteiger charge is -2.13. The summed E-state index contributed by atoms with van der Waals surface area (Å²) in [6.45, 7) is 0. The summed E-state index contributed by atoms with van der Waals surface area (Å²) in [5.74, 6) is 0.448. The van der Waals surface area contributed by atoms with Crippen molar-refractivity contribution in [2.24, 2.45) is 0 Å². The predicted octanol–water partition coefficient (Wildman–Crippen LogP) is 3.39. The Balaban J connectivity index is 2.09. The number of para-hydroxylation sites is 1. The lowest BCUT2D eigenvalue weighted by molar-refractivity contribution is -0.305. The van der Waals surface area contributed by atoms with Crippen molar-refractivity contribution in [1.82, 2.24) is 4.98 Å². The maximum atomic E-state index is 11.0. The maximum Gasteiger partial charge on any atom is 0.203 e. The number of allylic oxidation sites excluding steroid dienone is 1. The summed E-state index contributed by atoms with van der Waals surface area (Å²) >= 11 is 1.52. The van der Waals surface area contributed by atoms with E-state index < -0.39 is 5.97 Å². The Morgan fingerprint density at radius 1 is 1.07 bits per heavy atom. The molecule has 0 saturated heterocycles. The molecule has 0 amide bonds. The van der Waals surface area contributed by atoms with Gasteiger partial charge < -0.3 is 24.1 Å². The van der Waals surface area contributed by atoms with E-state index in [2.05, 4.69) is 4.98 Å². The van der Waals surface area contributed by atoms with Crippen LogP contribution in [0.4, 0.5) is 0 Å². The summed E-state index contributed by atoms with van der Waals surface area (Å²) in [6.07, 6.45) is 2.11. The van der Waals surface area contributed by atoms with Gasteiger partial charge in [0, 0.05) is 5.97 Å². The van der Waals surface area contributed by atoms with E-state index in [0.717, 1.165) is 26.4 Å². The van der Waals surface area contributed by atoms with Gasteiger partial charge in [-0.05, 0) is 54.3 Å². The largest absolute Gasteiger partial charge is 0.550 e. The molecule has 2 aromatic carbocycles. The van der Waals surface area contributed by atoms with E-state index in [4.69, 9.17) is 14.2 Å². The molecule has 0 aliphatic heterocycles. The second-order valence-corrected chi connectivity index (χ2v) is 7.02. The van der Waals surface area contributed by atoms with Crippen LogP contribution in [0.2, 0.25) is 0 Å². The fraction of sp³-hybridized carbons (Fsp3) is 0.238. The Morgan fingerprint density at radius 3 is 2.32 bits per heavy atom. The van der Waals surface area contributed by atoms with Crippen LogP contribution in [0, 0.1) is 0 Å². The van der Waals surface area contributed by atoms with Crippen LogP contribution in [0.5, 0.6) is 17.2 Å². The second kappa shape index (κ2) is 8.75. The number of thiazole rings is 1. The van der Waals surface area contributed by atoms with Crippen molar-refractivity contribution in [3.8, 4) is 17.2 Å². The highest BCUT2D eigenvalue weighted by Crippen LogP contribution is 2.40. The van der Waals surface area contributed by atoms with Gasteiger partial charge in [-0.25, -0.2) is 4.98 Å². The van der Waals surface area contributed by atoms with Crippen LogP contribution in [0.15, 0.2) is 36.4 Å². The molecule has 0 atom stereocenters. The first-order chi connectivity index (χ1) is 13.5. The van der Waals surface area contributed by atoms with E-state index in [-0.39, 0.29) is 6.42 Å². The first kappa shape index (κ1) is 19.7. The number of hydrogen-bond donors (Lipinski definition) is 0. The number of aliphatic carboxylic acids is 1. The van der Waals surface area contributed by atoms with E-state index >= 15 is 0 Å². The minimum absolute atomic E-state index is 0.0911. The van der Waals surface area contributed by atoms with Crippen molar-refractivity contribution in [2.75, 3.05) is 21.3 Å². The topological polar surface area (TPSA) is 80.7 Å². The van der Waals surface area contributed by atoms with Gasteiger partial charge in [0.1, 0.15) is 5.01 Å². The van der Waals surface area contributed by atoms with Crippen LogP contribution in [-0.4, -0.2) is 32.3 Å². The Labute approximate surface area is 167 Å². The number of methoxy groups -OCH3 is 3. The molecule has 28 heavy (non-hydrogen) atoms. The zero-order valence-electron chi connectivity index (χ0n) is 15.9. The van der Waals surface area contributed by atoms with Gasteiger partial charge in [0.2, 0.25) is 5.75 Å². The predicted molar refractivity (Wildman–Crippen MR) is 108 cm³/mol. The van der Waals surface area contributed by atoms with E-state index in [1.807, 2.05) is 42.5 Å². The van der Waals surface area contributed by atoms with Crippen LogP contribution in [0.3, 0.4) is 0 Å². The molecule has 1 heterocycles. The number of rotatable bonds is 8. The van der Waals surface area contributed by atoms with Crippen LogP contribution < -0.4 is 19.3 Å². The molecule has 1 aromatic heterocycles. The molecule has 0 aliphatic carbocycles. The number of hydrogen-bond acceptors (Lipinski definition) is 7. The number of carbonyl (C=O) groups excluding carboxylic acids is 1. The smallest absolute Gasteiger partial charge is 0.203 e. The number of fused-ring (bicyclic) bond motifs is 1. The Bertz CT molecular complexity index is 967. The number of carbonyl (C=O) groups is 1. The molecule has 0 aliphatic rings. The fourth-order valence-corrected chi connectivity index (χ4v) is 3.88. The van der Waals surface area contributed by atoms with Gasteiger partial charge in [-0.2, -0.15) is 0 Å². The minimum atomic E-state index is -1.10. The van der Waals surface area contributed by atoms with Crippen LogP contribution >= 0.6 is 11.3 Å². The molecule has 0 saturated carbocycles. The Morgan fingerprint density at radius 2 is 1.75 bits per heavy atom. The van der Waals surface area contributed by atoms with Crippen molar-refractivity contribution in [3.05, 3.63) is 47.0 Å². The molecule has 0 unspecified atom stereocenters. The Hall–Kier alpha value is -3.06. The molecule has 6 nitrogen and oxygen atoms in total. The third kappa shape index (κ3) is 4.26. The molecule has 146 valence electrons. The zero-order valence-corrected chi connectivity index (χ0v) is 16.7. The van der Waals surface area contributed by atoms with Crippen molar-refractivity contribution in [3.63, 3.8) is 0 Å². The minimum Gasteiger partial charge on any atom is -0.550 e. The maximum absolute atomic E-state index is 11.0. The SMILES string of the molecule is COc1cc(/C=C(\CCC(=O)[O-])c2nc3ccccc3s2)cc(OC)c1OC. The number of nitrogens with zero attached hydrogens (tertiary/aromatic N) is 1. The highest BCUT2D eigenvalue weighted by atomic mass is 32.1. The van der Waals surface area contributed by atoms with Gasteiger partial charge in [0.05, 0.1) is 31.5 Å². The van der Waals surface area contributed by atoms with E-state index in [1.165, 1.54) is 11.3 Å². The molecule has 0 bridgehead atoms. The molecule has 3 aromatic rings. The summed E-state index contributed by atoms with van der Waals surface area (Å²) in [7, 11) is 4.65. The summed E-state index contributed by atoms with van der Waals surface area (Å²) in [4.78, 5) is 15.7. The van der Waals surface area contributed by atoms with Crippen LogP contribution in [0.25, 0.3) is 21.9 Å². The van der Waals surface area contributed by atoms with Crippen LogP contribution in [0.1, 0.15) is 23.4 Å². The summed E-state index contributed by atoms with van der Waals surface area (Å²) in [5, 5.41) is 11.8. The average molecular weight is 398 g/mol. The van der Waals surface area contributed by atoms with Gasteiger partial charge in [-0.3, -0.25) is 0 Å². The van der Waals surface area contributed by atoms with Gasteiger partial charge >= 0.3 is 0 Å². The number of ether oxygens (including phenoxy) is 3. The molecule has 0 radical (unpaired) electrons. The number of benzene rings is 2.